The topological polar surface area (TPSA) is 76.2 Å². The molecule has 0 bridgehead atoms. The lowest BCUT2D eigenvalue weighted by Gasteiger charge is -2.29. The number of carbonyl (C=O) groups excluding carboxylic acids is 1. The van der Waals surface area contributed by atoms with Gasteiger partial charge in [0.1, 0.15) is 0 Å². The zero-order valence-corrected chi connectivity index (χ0v) is 20.7. The average molecular weight is 475 g/mol. The summed E-state index contributed by atoms with van der Waals surface area (Å²) < 4.78 is 38.4. The number of nitrogens with zero attached hydrogens (tertiary/aromatic N) is 2. The number of hydrogen-bond acceptors (Lipinski definition) is 5. The summed E-state index contributed by atoms with van der Waals surface area (Å²) in [6.07, 6.45) is 1.75. The highest BCUT2D eigenvalue weighted by Crippen LogP contribution is 2.29. The first kappa shape index (κ1) is 25.1. The van der Waals surface area contributed by atoms with Crippen molar-refractivity contribution in [1.82, 2.24) is 9.21 Å². The Hall–Kier alpha value is -2.58. The van der Waals surface area contributed by atoms with Crippen LogP contribution in [0.1, 0.15) is 49.5 Å². The van der Waals surface area contributed by atoms with Crippen molar-refractivity contribution in [2.45, 2.75) is 45.1 Å². The van der Waals surface area contributed by atoms with Gasteiger partial charge in [0.25, 0.3) is 5.91 Å². The van der Waals surface area contributed by atoms with Crippen LogP contribution in [0.2, 0.25) is 0 Å². The van der Waals surface area contributed by atoms with Gasteiger partial charge in [0, 0.05) is 31.7 Å². The lowest BCUT2D eigenvalue weighted by molar-refractivity contribution is 0.0752. The van der Waals surface area contributed by atoms with E-state index in [1.165, 1.54) is 12.1 Å². The molecule has 0 spiro atoms. The zero-order valence-electron chi connectivity index (χ0n) is 19.9. The summed E-state index contributed by atoms with van der Waals surface area (Å²) >= 11 is 0. The molecule has 0 saturated carbocycles. The van der Waals surface area contributed by atoms with Gasteiger partial charge in [-0.2, -0.15) is 4.31 Å². The van der Waals surface area contributed by atoms with Crippen LogP contribution in [0.5, 0.6) is 11.5 Å². The third-order valence-electron chi connectivity index (χ3n) is 6.05. The summed E-state index contributed by atoms with van der Waals surface area (Å²) in [5, 5.41) is 0. The Morgan fingerprint density at radius 2 is 1.73 bits per heavy atom. The highest BCUT2D eigenvalue weighted by atomic mass is 32.2. The van der Waals surface area contributed by atoms with Gasteiger partial charge in [-0.1, -0.05) is 13.0 Å². The van der Waals surface area contributed by atoms with E-state index in [4.69, 9.17) is 9.47 Å². The molecular formula is C25H34N2O5S. The lowest BCUT2D eigenvalue weighted by Crippen LogP contribution is -2.37. The largest absolute Gasteiger partial charge is 0.493 e. The van der Waals surface area contributed by atoms with Crippen LogP contribution in [0.15, 0.2) is 47.4 Å². The summed E-state index contributed by atoms with van der Waals surface area (Å²) in [6, 6.07) is 11.9. The first-order valence-electron chi connectivity index (χ1n) is 11.5. The quantitative estimate of drug-likeness (QED) is 0.545. The van der Waals surface area contributed by atoms with Gasteiger partial charge in [-0.3, -0.25) is 4.79 Å². The predicted molar refractivity (Wildman–Crippen MR) is 128 cm³/mol. The molecule has 2 aromatic rings. The number of amides is 1. The first-order chi connectivity index (χ1) is 15.8. The fraction of sp³-hybridized carbons (Fsp3) is 0.480. The summed E-state index contributed by atoms with van der Waals surface area (Å²) in [5.74, 6) is 1.69. The number of methoxy groups -OCH3 is 1. The predicted octanol–water partition coefficient (Wildman–Crippen LogP) is 4.18. The number of hydrogen-bond donors (Lipinski definition) is 0. The van der Waals surface area contributed by atoms with Gasteiger partial charge in [-0.25, -0.2) is 8.42 Å². The summed E-state index contributed by atoms with van der Waals surface area (Å²) in [4.78, 5) is 15.1. The molecule has 2 aromatic carbocycles. The number of benzene rings is 2. The van der Waals surface area contributed by atoms with Crippen molar-refractivity contribution < 1.29 is 22.7 Å². The van der Waals surface area contributed by atoms with Crippen LogP contribution in [0, 0.1) is 5.92 Å². The van der Waals surface area contributed by atoms with Crippen LogP contribution < -0.4 is 9.47 Å². The Kier molecular flexibility index (Phi) is 8.37. The molecule has 1 amide bonds. The van der Waals surface area contributed by atoms with Crippen molar-refractivity contribution in [3.63, 3.8) is 0 Å². The normalized spacial score (nSPS) is 15.3. The van der Waals surface area contributed by atoms with Gasteiger partial charge < -0.3 is 14.4 Å². The van der Waals surface area contributed by atoms with E-state index in [1.807, 2.05) is 32.0 Å². The lowest BCUT2D eigenvalue weighted by atomic mass is 10.0. The number of carbonyl (C=O) groups is 1. The monoisotopic (exact) mass is 474 g/mol. The van der Waals surface area contributed by atoms with Crippen molar-refractivity contribution in [1.29, 1.82) is 0 Å². The molecular weight excluding hydrogens is 440 g/mol. The van der Waals surface area contributed by atoms with Crippen molar-refractivity contribution >= 4 is 15.9 Å². The van der Waals surface area contributed by atoms with Crippen LogP contribution in [0.4, 0.5) is 0 Å². The average Bonchev–Trinajstić information content (AvgIpc) is 2.83. The Labute approximate surface area is 197 Å². The van der Waals surface area contributed by atoms with E-state index in [0.717, 1.165) is 18.4 Å². The van der Waals surface area contributed by atoms with Crippen LogP contribution in [-0.2, 0) is 16.6 Å². The van der Waals surface area contributed by atoms with Crippen LogP contribution in [-0.4, -0.2) is 56.9 Å². The van der Waals surface area contributed by atoms with E-state index < -0.39 is 10.0 Å². The highest BCUT2D eigenvalue weighted by molar-refractivity contribution is 7.89. The molecule has 7 nitrogen and oxygen atoms in total. The molecule has 180 valence electrons. The molecule has 0 aromatic heterocycles. The smallest absolute Gasteiger partial charge is 0.254 e. The third-order valence-corrected chi connectivity index (χ3v) is 7.96. The van der Waals surface area contributed by atoms with E-state index in [1.54, 1.807) is 28.4 Å². The van der Waals surface area contributed by atoms with E-state index >= 15 is 0 Å². The minimum atomic E-state index is -3.54. The van der Waals surface area contributed by atoms with E-state index in [2.05, 4.69) is 6.92 Å². The molecule has 1 fully saturated rings. The SMILES string of the molecule is CCOc1ccc(CN(CC)C(=O)c2ccc(S(=O)(=O)N3CCC(C)CC3)cc2)cc1OC. The van der Waals surface area contributed by atoms with Crippen molar-refractivity contribution in [2.75, 3.05) is 33.4 Å². The molecule has 3 rings (SSSR count). The highest BCUT2D eigenvalue weighted by Gasteiger charge is 2.28. The minimum absolute atomic E-state index is 0.152. The fourth-order valence-electron chi connectivity index (χ4n) is 3.96. The molecule has 33 heavy (non-hydrogen) atoms. The summed E-state index contributed by atoms with van der Waals surface area (Å²) in [6.45, 7) is 8.52. The standard InChI is InChI=1S/C25H34N2O5S/c1-5-26(18-20-7-12-23(32-6-2)24(17-20)31-4)25(28)21-8-10-22(11-9-21)33(29,30)27-15-13-19(3)14-16-27/h7-12,17,19H,5-6,13-16,18H2,1-4H3. The fourth-order valence-corrected chi connectivity index (χ4v) is 5.43. The minimum Gasteiger partial charge on any atom is -0.493 e. The van der Waals surface area contributed by atoms with Gasteiger partial charge in [-0.15, -0.1) is 0 Å². The first-order valence-corrected chi connectivity index (χ1v) is 12.9. The second kappa shape index (κ2) is 11.0. The van der Waals surface area contributed by atoms with Crippen LogP contribution in [0.3, 0.4) is 0 Å². The van der Waals surface area contributed by atoms with Gasteiger partial charge in [0.15, 0.2) is 11.5 Å². The zero-order chi connectivity index (χ0) is 24.0. The second-order valence-electron chi connectivity index (χ2n) is 8.35. The Bertz CT molecular complexity index is 1040. The van der Waals surface area contributed by atoms with Gasteiger partial charge in [0.05, 0.1) is 18.6 Å². The number of piperidine rings is 1. The van der Waals surface area contributed by atoms with E-state index in [0.29, 0.717) is 55.8 Å². The van der Waals surface area contributed by atoms with E-state index in [9.17, 15) is 13.2 Å². The summed E-state index contributed by atoms with van der Waals surface area (Å²) in [7, 11) is -1.95. The number of rotatable bonds is 9. The van der Waals surface area contributed by atoms with Gasteiger partial charge in [0.2, 0.25) is 10.0 Å². The second-order valence-corrected chi connectivity index (χ2v) is 10.3. The molecule has 1 aliphatic rings. The maximum Gasteiger partial charge on any atom is 0.254 e. The van der Waals surface area contributed by atoms with Gasteiger partial charge >= 0.3 is 0 Å². The Morgan fingerprint density at radius 1 is 1.06 bits per heavy atom. The molecule has 0 aliphatic carbocycles. The number of ether oxygens (including phenoxy) is 2. The molecule has 0 N–H and O–H groups in total. The van der Waals surface area contributed by atoms with Gasteiger partial charge in [-0.05, 0) is 74.6 Å². The Morgan fingerprint density at radius 3 is 2.30 bits per heavy atom. The van der Waals surface area contributed by atoms with Crippen molar-refractivity contribution in [3.8, 4) is 11.5 Å². The van der Waals surface area contributed by atoms with Crippen LogP contribution >= 0.6 is 0 Å². The molecule has 8 heteroatoms. The molecule has 1 saturated heterocycles. The maximum absolute atomic E-state index is 13.1. The van der Waals surface area contributed by atoms with Crippen molar-refractivity contribution in [3.05, 3.63) is 53.6 Å². The molecule has 1 aliphatic heterocycles. The van der Waals surface area contributed by atoms with Crippen LogP contribution in [0.25, 0.3) is 0 Å². The van der Waals surface area contributed by atoms with Crippen molar-refractivity contribution in [2.24, 2.45) is 5.92 Å². The molecule has 0 unspecified atom stereocenters. The molecule has 1 heterocycles. The number of sulfonamides is 1. The summed E-state index contributed by atoms with van der Waals surface area (Å²) in [5.41, 5.74) is 1.38. The maximum atomic E-state index is 13.1. The molecule has 0 atom stereocenters. The van der Waals surface area contributed by atoms with E-state index in [-0.39, 0.29) is 10.8 Å². The Balaban J connectivity index is 1.73. The third kappa shape index (κ3) is 5.86. The molecule has 0 radical (unpaired) electrons.